The third kappa shape index (κ3) is 2.93. The summed E-state index contributed by atoms with van der Waals surface area (Å²) in [5.74, 6) is 0.516. The third-order valence-electron chi connectivity index (χ3n) is 2.99. The third-order valence-corrected chi connectivity index (χ3v) is 3.68. The zero-order valence-electron chi connectivity index (χ0n) is 11.3. The molecule has 0 aliphatic carbocycles. The van der Waals surface area contributed by atoms with Gasteiger partial charge in [-0.25, -0.2) is 0 Å². The molecule has 2 N–H and O–H groups in total. The highest BCUT2D eigenvalue weighted by Crippen LogP contribution is 2.25. The fraction of sp³-hybridized carbons (Fsp3) is 0.133. The molecule has 0 bridgehead atoms. The minimum atomic E-state index is -0.124. The topological polar surface area (TPSA) is 55.6 Å². The molecule has 0 aliphatic heterocycles. The maximum absolute atomic E-state index is 12.5. The van der Waals surface area contributed by atoms with Gasteiger partial charge in [-0.05, 0) is 58.4 Å². The van der Waals surface area contributed by atoms with Gasteiger partial charge in [0, 0.05) is 22.9 Å². The lowest BCUT2D eigenvalue weighted by Crippen LogP contribution is -2.26. The highest BCUT2D eigenvalue weighted by atomic mass is 79.9. The number of carbonyl (C=O) groups is 1. The van der Waals surface area contributed by atoms with Gasteiger partial charge in [0.1, 0.15) is 5.75 Å². The van der Waals surface area contributed by atoms with Crippen LogP contribution in [0.3, 0.4) is 0 Å². The highest BCUT2D eigenvalue weighted by molar-refractivity contribution is 9.10. The number of methoxy groups -OCH3 is 1. The zero-order valence-corrected chi connectivity index (χ0v) is 12.8. The number of nitrogen functional groups attached to an aromatic ring is 1. The van der Waals surface area contributed by atoms with Crippen LogP contribution in [0.2, 0.25) is 0 Å². The second-order valence-corrected chi connectivity index (χ2v) is 5.16. The first-order valence-electron chi connectivity index (χ1n) is 6.00. The van der Waals surface area contributed by atoms with E-state index >= 15 is 0 Å². The van der Waals surface area contributed by atoms with Crippen LogP contribution in [0, 0.1) is 0 Å². The summed E-state index contributed by atoms with van der Waals surface area (Å²) < 4.78 is 5.88. The fourth-order valence-corrected chi connectivity index (χ4v) is 2.21. The van der Waals surface area contributed by atoms with Gasteiger partial charge in [0.05, 0.1) is 12.7 Å². The predicted molar refractivity (Wildman–Crippen MR) is 84.3 cm³/mol. The Labute approximate surface area is 126 Å². The smallest absolute Gasteiger partial charge is 0.259 e. The fourth-order valence-electron chi connectivity index (χ4n) is 1.79. The first-order chi connectivity index (χ1) is 9.52. The molecule has 4 nitrogen and oxygen atoms in total. The summed E-state index contributed by atoms with van der Waals surface area (Å²) in [5.41, 5.74) is 7.63. The Morgan fingerprint density at radius 2 is 1.85 bits per heavy atom. The molecule has 5 heteroatoms. The molecule has 0 unspecified atom stereocenters. The molecule has 2 aromatic carbocycles. The first-order valence-corrected chi connectivity index (χ1v) is 6.79. The molecule has 0 heterocycles. The van der Waals surface area contributed by atoms with Crippen LogP contribution in [-0.2, 0) is 0 Å². The number of nitrogens with two attached hydrogens (primary N) is 1. The number of hydrogen-bond donors (Lipinski definition) is 1. The first kappa shape index (κ1) is 14.4. The van der Waals surface area contributed by atoms with Crippen LogP contribution in [0.4, 0.5) is 11.4 Å². The molecule has 104 valence electrons. The summed E-state index contributed by atoms with van der Waals surface area (Å²) in [6.07, 6.45) is 0. The van der Waals surface area contributed by atoms with Gasteiger partial charge in [0.15, 0.2) is 0 Å². The van der Waals surface area contributed by atoms with Crippen molar-refractivity contribution in [2.75, 3.05) is 24.8 Å². The second kappa shape index (κ2) is 5.96. The molecule has 0 saturated carbocycles. The van der Waals surface area contributed by atoms with Crippen molar-refractivity contribution in [2.24, 2.45) is 0 Å². The Morgan fingerprint density at radius 1 is 1.20 bits per heavy atom. The Hall–Kier alpha value is -2.01. The molecular weight excluding hydrogens is 320 g/mol. The van der Waals surface area contributed by atoms with Gasteiger partial charge in [0.25, 0.3) is 5.91 Å². The van der Waals surface area contributed by atoms with Crippen molar-refractivity contribution in [1.82, 2.24) is 0 Å². The lowest BCUT2D eigenvalue weighted by atomic mass is 10.1. The number of halogens is 1. The minimum Gasteiger partial charge on any atom is -0.497 e. The summed E-state index contributed by atoms with van der Waals surface area (Å²) in [5, 5.41) is 0. The molecule has 2 aromatic rings. The number of anilines is 2. The van der Waals surface area contributed by atoms with Crippen LogP contribution >= 0.6 is 15.9 Å². The molecular formula is C15H15BrN2O2. The van der Waals surface area contributed by atoms with Gasteiger partial charge in [-0.15, -0.1) is 0 Å². The van der Waals surface area contributed by atoms with Crippen molar-refractivity contribution in [3.8, 4) is 5.75 Å². The monoisotopic (exact) mass is 334 g/mol. The van der Waals surface area contributed by atoms with E-state index in [0.717, 1.165) is 10.2 Å². The van der Waals surface area contributed by atoms with Crippen LogP contribution in [0.15, 0.2) is 46.9 Å². The van der Waals surface area contributed by atoms with Gasteiger partial charge >= 0.3 is 0 Å². The van der Waals surface area contributed by atoms with Crippen LogP contribution in [-0.4, -0.2) is 20.1 Å². The van der Waals surface area contributed by atoms with Gasteiger partial charge in [-0.3, -0.25) is 4.79 Å². The standard InChI is InChI=1S/C15H15BrN2O2/c1-18(11-5-3-10(17)4-6-11)15(19)13-9-12(20-2)7-8-14(13)16/h3-9H,17H2,1-2H3. The zero-order chi connectivity index (χ0) is 14.7. The molecule has 0 spiro atoms. The van der Waals surface area contributed by atoms with Crippen molar-refractivity contribution in [3.63, 3.8) is 0 Å². The second-order valence-electron chi connectivity index (χ2n) is 4.30. The van der Waals surface area contributed by atoms with Crippen molar-refractivity contribution >= 4 is 33.2 Å². The lowest BCUT2D eigenvalue weighted by Gasteiger charge is -2.18. The number of rotatable bonds is 3. The lowest BCUT2D eigenvalue weighted by molar-refractivity contribution is 0.0992. The molecule has 20 heavy (non-hydrogen) atoms. The Bertz CT molecular complexity index is 626. The van der Waals surface area contributed by atoms with E-state index in [9.17, 15) is 4.79 Å². The predicted octanol–water partition coefficient (Wildman–Crippen LogP) is 3.32. The number of amides is 1. The van der Waals surface area contributed by atoms with E-state index in [1.807, 2.05) is 0 Å². The van der Waals surface area contributed by atoms with E-state index in [0.29, 0.717) is 17.0 Å². The van der Waals surface area contributed by atoms with Crippen molar-refractivity contribution in [1.29, 1.82) is 0 Å². The van der Waals surface area contributed by atoms with Gasteiger partial charge in [-0.2, -0.15) is 0 Å². The number of hydrogen-bond acceptors (Lipinski definition) is 3. The van der Waals surface area contributed by atoms with E-state index in [-0.39, 0.29) is 5.91 Å². The summed E-state index contributed by atoms with van der Waals surface area (Å²) >= 11 is 3.39. The molecule has 1 amide bonds. The van der Waals surface area contributed by atoms with Gasteiger partial charge in [0.2, 0.25) is 0 Å². The molecule has 0 atom stereocenters. The summed E-state index contributed by atoms with van der Waals surface area (Å²) in [4.78, 5) is 14.1. The Morgan fingerprint density at radius 3 is 2.45 bits per heavy atom. The maximum Gasteiger partial charge on any atom is 0.259 e. The van der Waals surface area contributed by atoms with Crippen molar-refractivity contribution in [3.05, 3.63) is 52.5 Å². The normalized spacial score (nSPS) is 10.2. The summed E-state index contributed by atoms with van der Waals surface area (Å²) in [7, 11) is 3.29. The van der Waals surface area contributed by atoms with Crippen LogP contribution in [0.1, 0.15) is 10.4 Å². The molecule has 0 fully saturated rings. The highest BCUT2D eigenvalue weighted by Gasteiger charge is 2.17. The number of benzene rings is 2. The van der Waals surface area contributed by atoms with Crippen LogP contribution in [0.25, 0.3) is 0 Å². The number of nitrogens with zero attached hydrogens (tertiary/aromatic N) is 1. The average Bonchev–Trinajstić information content (AvgIpc) is 2.47. The molecule has 0 saturated heterocycles. The SMILES string of the molecule is COc1ccc(Br)c(C(=O)N(C)c2ccc(N)cc2)c1. The molecule has 0 aliphatic rings. The van der Waals surface area contributed by atoms with E-state index in [1.165, 1.54) is 0 Å². The van der Waals surface area contributed by atoms with E-state index < -0.39 is 0 Å². The van der Waals surface area contributed by atoms with Crippen molar-refractivity contribution < 1.29 is 9.53 Å². The number of ether oxygens (including phenoxy) is 1. The van der Waals surface area contributed by atoms with E-state index in [1.54, 1.807) is 61.5 Å². The summed E-state index contributed by atoms with van der Waals surface area (Å²) in [6, 6.07) is 12.4. The molecule has 0 radical (unpaired) electrons. The van der Waals surface area contributed by atoms with Gasteiger partial charge < -0.3 is 15.4 Å². The number of carbonyl (C=O) groups excluding carboxylic acids is 1. The van der Waals surface area contributed by atoms with Crippen LogP contribution in [0.5, 0.6) is 5.75 Å². The molecule has 0 aromatic heterocycles. The Balaban J connectivity index is 2.33. The Kier molecular flexibility index (Phi) is 4.29. The van der Waals surface area contributed by atoms with Gasteiger partial charge in [-0.1, -0.05) is 0 Å². The summed E-state index contributed by atoms with van der Waals surface area (Å²) in [6.45, 7) is 0. The van der Waals surface area contributed by atoms with Crippen LogP contribution < -0.4 is 15.4 Å². The average molecular weight is 335 g/mol. The van der Waals surface area contributed by atoms with Crippen molar-refractivity contribution in [2.45, 2.75) is 0 Å². The quantitative estimate of drug-likeness (QED) is 0.876. The largest absolute Gasteiger partial charge is 0.497 e. The minimum absolute atomic E-state index is 0.124. The van der Waals surface area contributed by atoms with E-state index in [2.05, 4.69) is 15.9 Å². The van der Waals surface area contributed by atoms with E-state index in [4.69, 9.17) is 10.5 Å². The molecule has 2 rings (SSSR count). The maximum atomic E-state index is 12.5.